The van der Waals surface area contributed by atoms with Gasteiger partial charge >= 0.3 is 132 Å². The minimum atomic E-state index is -2.58. The monoisotopic (exact) mass is 386 g/mol. The van der Waals surface area contributed by atoms with Gasteiger partial charge in [-0.2, -0.15) is 0 Å². The molecule has 0 N–H and O–H groups in total. The van der Waals surface area contributed by atoms with Crippen LogP contribution in [0.4, 0.5) is 0 Å². The van der Waals surface area contributed by atoms with Gasteiger partial charge in [-0.25, -0.2) is 0 Å². The summed E-state index contributed by atoms with van der Waals surface area (Å²) >= 11 is -2.58. The molecule has 0 saturated heterocycles. The van der Waals surface area contributed by atoms with E-state index in [4.69, 9.17) is 3.07 Å². The van der Waals surface area contributed by atoms with E-state index < -0.39 is 18.8 Å². The summed E-state index contributed by atoms with van der Waals surface area (Å²) in [6, 6.07) is 0. The fraction of sp³-hybridized carbons (Fsp3) is 0.667. The first-order valence-electron chi connectivity index (χ1n) is 7.85. The maximum atomic E-state index is 6.51. The summed E-state index contributed by atoms with van der Waals surface area (Å²) in [4.78, 5) is 0. The van der Waals surface area contributed by atoms with Gasteiger partial charge in [0, 0.05) is 0 Å². The Morgan fingerprint density at radius 2 is 1.10 bits per heavy atom. The molecule has 1 nitrogen and oxygen atoms in total. The fourth-order valence-corrected chi connectivity index (χ4v) is 12.9. The van der Waals surface area contributed by atoms with Gasteiger partial charge < -0.3 is 0 Å². The van der Waals surface area contributed by atoms with Crippen LogP contribution in [-0.2, 0) is 3.07 Å². The van der Waals surface area contributed by atoms with Crippen LogP contribution in [0.15, 0.2) is 34.9 Å². The van der Waals surface area contributed by atoms with E-state index in [9.17, 15) is 0 Å². The van der Waals surface area contributed by atoms with Crippen molar-refractivity contribution < 1.29 is 3.07 Å². The Hall–Kier alpha value is -0.0213. The van der Waals surface area contributed by atoms with Crippen LogP contribution in [0.5, 0.6) is 0 Å². The van der Waals surface area contributed by atoms with Gasteiger partial charge in [0.05, 0.1) is 0 Å². The van der Waals surface area contributed by atoms with E-state index in [2.05, 4.69) is 66.7 Å². The van der Waals surface area contributed by atoms with E-state index in [1.54, 1.807) is 0 Å². The average molecular weight is 385 g/mol. The molecule has 0 spiro atoms. The van der Waals surface area contributed by atoms with Crippen LogP contribution in [0, 0.1) is 0 Å². The van der Waals surface area contributed by atoms with Crippen molar-refractivity contribution in [3.05, 3.63) is 34.9 Å². The molecular formula is C18H34OSn. The second kappa shape index (κ2) is 10.7. The Kier molecular flexibility index (Phi) is 10.7. The van der Waals surface area contributed by atoms with Gasteiger partial charge in [0.15, 0.2) is 0 Å². The third kappa shape index (κ3) is 9.82. The molecule has 0 amide bonds. The predicted octanol–water partition coefficient (Wildman–Crippen LogP) is 6.26. The van der Waals surface area contributed by atoms with E-state index in [1.165, 1.54) is 30.0 Å². The number of rotatable bonds is 9. The molecule has 0 aromatic carbocycles. The van der Waals surface area contributed by atoms with Gasteiger partial charge in [0.2, 0.25) is 0 Å². The quantitative estimate of drug-likeness (QED) is 0.336. The Morgan fingerprint density at radius 1 is 0.750 bits per heavy atom. The molecule has 2 heteroatoms. The fourth-order valence-electron chi connectivity index (χ4n) is 1.92. The third-order valence-electron chi connectivity index (χ3n) is 3.26. The van der Waals surface area contributed by atoms with Crippen LogP contribution in [0.2, 0.25) is 13.3 Å². The molecule has 0 aliphatic heterocycles. The molecule has 0 fully saturated rings. The van der Waals surface area contributed by atoms with Crippen molar-refractivity contribution in [2.75, 3.05) is 6.61 Å². The van der Waals surface area contributed by atoms with Crippen LogP contribution in [-0.4, -0.2) is 25.4 Å². The topological polar surface area (TPSA) is 9.23 Å². The normalized spacial score (nSPS) is 10.9. The van der Waals surface area contributed by atoms with Crippen molar-refractivity contribution in [1.82, 2.24) is 0 Å². The van der Waals surface area contributed by atoms with Crippen molar-refractivity contribution in [3.63, 3.8) is 0 Å². The standard InChI is InChI=1S/3C5H9.C3H7O.Sn/c3*1-4-5(2)3;1-2-3-4;/h3*4H,1H2,2-3H3;2-3H2,1H3;/q;;;-1;+1. The predicted molar refractivity (Wildman–Crippen MR) is 94.7 cm³/mol. The molecule has 0 radical (unpaired) electrons. The van der Waals surface area contributed by atoms with E-state index in [0.717, 1.165) is 13.0 Å². The molecule has 0 aromatic heterocycles. The maximum absolute atomic E-state index is 6.51. The van der Waals surface area contributed by atoms with Gasteiger partial charge in [-0.15, -0.1) is 0 Å². The van der Waals surface area contributed by atoms with Gasteiger partial charge in [0.1, 0.15) is 0 Å². The Morgan fingerprint density at radius 3 is 1.35 bits per heavy atom. The zero-order valence-corrected chi connectivity index (χ0v) is 17.5. The second-order valence-corrected chi connectivity index (χ2v) is 17.6. The van der Waals surface area contributed by atoms with Gasteiger partial charge in [-0.1, -0.05) is 0 Å². The van der Waals surface area contributed by atoms with E-state index in [1.807, 2.05) is 0 Å². The molecule has 116 valence electrons. The van der Waals surface area contributed by atoms with Crippen LogP contribution in [0.1, 0.15) is 54.9 Å². The van der Waals surface area contributed by atoms with Gasteiger partial charge in [0.25, 0.3) is 0 Å². The molecule has 0 aromatic rings. The van der Waals surface area contributed by atoms with E-state index in [-0.39, 0.29) is 0 Å². The molecule has 20 heavy (non-hydrogen) atoms. The van der Waals surface area contributed by atoms with Crippen molar-refractivity contribution in [3.8, 4) is 0 Å². The molecule has 0 aliphatic carbocycles. The van der Waals surface area contributed by atoms with Crippen LogP contribution >= 0.6 is 0 Å². The number of allylic oxidation sites excluding steroid dienone is 6. The summed E-state index contributed by atoms with van der Waals surface area (Å²) in [5.74, 6) is 0. The van der Waals surface area contributed by atoms with Crippen LogP contribution in [0.3, 0.4) is 0 Å². The summed E-state index contributed by atoms with van der Waals surface area (Å²) in [7, 11) is 0. The molecule has 0 aliphatic rings. The Balaban J connectivity index is 5.19. The van der Waals surface area contributed by atoms with Crippen molar-refractivity contribution >= 4 is 18.8 Å². The van der Waals surface area contributed by atoms with Crippen molar-refractivity contribution in [2.24, 2.45) is 0 Å². The van der Waals surface area contributed by atoms with Crippen LogP contribution in [0.25, 0.3) is 0 Å². The van der Waals surface area contributed by atoms with Crippen molar-refractivity contribution in [2.45, 2.75) is 68.2 Å². The first-order chi connectivity index (χ1) is 9.31. The van der Waals surface area contributed by atoms with Gasteiger partial charge in [-0.05, 0) is 0 Å². The first kappa shape index (κ1) is 20.0. The first-order valence-corrected chi connectivity index (χ1v) is 15.1. The second-order valence-electron chi connectivity index (χ2n) is 6.49. The minimum absolute atomic E-state index is 0.930. The third-order valence-corrected chi connectivity index (χ3v) is 13.7. The summed E-state index contributed by atoms with van der Waals surface area (Å²) < 4.78 is 10.1. The summed E-state index contributed by atoms with van der Waals surface area (Å²) in [6.45, 7) is 16.3. The summed E-state index contributed by atoms with van der Waals surface area (Å²) in [5, 5.41) is 0. The van der Waals surface area contributed by atoms with Crippen molar-refractivity contribution in [1.29, 1.82) is 0 Å². The van der Waals surface area contributed by atoms with E-state index in [0.29, 0.717) is 0 Å². The zero-order valence-electron chi connectivity index (χ0n) is 14.7. The zero-order chi connectivity index (χ0) is 15.6. The molecule has 0 saturated carbocycles. The van der Waals surface area contributed by atoms with Crippen LogP contribution < -0.4 is 0 Å². The molecule has 0 heterocycles. The SMILES string of the molecule is CCC[O][Sn]([CH2]C=C(C)C)([CH2]C=C(C)C)[CH2]C=C(C)C. The van der Waals surface area contributed by atoms with E-state index >= 15 is 0 Å². The number of hydrogen-bond acceptors (Lipinski definition) is 1. The molecule has 0 rings (SSSR count). The molecule has 0 atom stereocenters. The number of hydrogen-bond donors (Lipinski definition) is 0. The molecule has 0 bridgehead atoms. The average Bonchev–Trinajstić information content (AvgIpc) is 2.36. The Labute approximate surface area is 131 Å². The van der Waals surface area contributed by atoms with Gasteiger partial charge in [-0.3, -0.25) is 0 Å². The summed E-state index contributed by atoms with van der Waals surface area (Å²) in [5.41, 5.74) is 4.25. The Bertz CT molecular complexity index is 301. The molecule has 0 unspecified atom stereocenters. The molecular weight excluding hydrogens is 351 g/mol. The summed E-state index contributed by atoms with van der Waals surface area (Å²) in [6.07, 6.45) is 8.34.